The summed E-state index contributed by atoms with van der Waals surface area (Å²) in [6.07, 6.45) is 2.48. The molecule has 0 aliphatic heterocycles. The van der Waals surface area contributed by atoms with Crippen molar-refractivity contribution in [2.45, 2.75) is 32.8 Å². The molecule has 0 aromatic heterocycles. The molecule has 0 aliphatic carbocycles. The zero-order chi connectivity index (χ0) is 21.5. The van der Waals surface area contributed by atoms with Crippen LogP contribution in [0.1, 0.15) is 26.7 Å². The number of carbonyl (C=O) groups excluding carboxylic acids is 1. The van der Waals surface area contributed by atoms with E-state index in [1.165, 1.54) is 22.8 Å². The van der Waals surface area contributed by atoms with Gasteiger partial charge in [0.1, 0.15) is 0 Å². The zero-order valence-electron chi connectivity index (χ0n) is 17.7. The Bertz CT molecular complexity index is 845. The van der Waals surface area contributed by atoms with Crippen molar-refractivity contribution in [2.24, 2.45) is 0 Å². The van der Waals surface area contributed by atoms with Crippen LogP contribution in [0, 0.1) is 0 Å². The van der Waals surface area contributed by atoms with E-state index in [4.69, 9.17) is 4.74 Å². The van der Waals surface area contributed by atoms with Gasteiger partial charge in [-0.3, -0.25) is 0 Å². The summed E-state index contributed by atoms with van der Waals surface area (Å²) < 4.78 is 5.66. The fourth-order valence-corrected chi connectivity index (χ4v) is 13.6. The van der Waals surface area contributed by atoms with Crippen LogP contribution in [-0.4, -0.2) is 23.3 Å². The summed E-state index contributed by atoms with van der Waals surface area (Å²) in [6.45, 7) is 0.717. The van der Waals surface area contributed by atoms with Gasteiger partial charge in [0.15, 0.2) is 0 Å². The summed E-state index contributed by atoms with van der Waals surface area (Å²) in [5.74, 6) is -0.208. The summed E-state index contributed by atoms with van der Waals surface area (Å²) in [6, 6.07) is 32.6. The fourth-order valence-electron chi connectivity index (χ4n) is 4.47. The Hall–Kier alpha value is -1.96. The summed E-state index contributed by atoms with van der Waals surface area (Å²) >= 11 is 4.01. The molecule has 1 unspecified atom stereocenters. The molecular weight excluding hydrogens is 455 g/mol. The Morgan fingerprint density at radius 2 is 1.23 bits per heavy atom. The second kappa shape index (κ2) is 9.90. The molecule has 2 nitrogen and oxygen atoms in total. The number of carbonyl (C=O) groups is 1. The first-order valence-electron chi connectivity index (χ1n) is 10.5. The third kappa shape index (κ3) is 4.11. The third-order valence-electron chi connectivity index (χ3n) is 6.13. The first-order valence-corrected chi connectivity index (χ1v) is 14.2. The van der Waals surface area contributed by atoms with Crippen LogP contribution < -0.4 is 15.9 Å². The molecule has 3 aromatic carbocycles. The Morgan fingerprint density at radius 1 is 0.833 bits per heavy atom. The van der Waals surface area contributed by atoms with E-state index in [9.17, 15) is 4.79 Å². The molecule has 0 N–H and O–H groups in total. The van der Waals surface area contributed by atoms with E-state index < -0.39 is 6.60 Å². The van der Waals surface area contributed by atoms with Gasteiger partial charge in [-0.15, -0.1) is 0 Å². The molecule has 0 spiro atoms. The third-order valence-corrected chi connectivity index (χ3v) is 15.9. The van der Waals surface area contributed by atoms with Crippen molar-refractivity contribution >= 4 is 44.4 Å². The van der Waals surface area contributed by atoms with Gasteiger partial charge in [-0.25, -0.2) is 0 Å². The Labute approximate surface area is 188 Å². The molecule has 0 fully saturated rings. The van der Waals surface area contributed by atoms with Crippen molar-refractivity contribution in [3.63, 3.8) is 0 Å². The molecule has 1 atom stereocenters. The quantitative estimate of drug-likeness (QED) is 0.224. The average molecular weight is 485 g/mol. The molecule has 0 radical (unpaired) electrons. The van der Waals surface area contributed by atoms with Gasteiger partial charge in [0.05, 0.1) is 0 Å². The molecule has 158 valence electrons. The van der Waals surface area contributed by atoms with Gasteiger partial charge in [0.25, 0.3) is 0 Å². The van der Waals surface area contributed by atoms with Crippen LogP contribution in [0.3, 0.4) is 0 Å². The topological polar surface area (TPSA) is 26.3 Å². The summed E-state index contributed by atoms with van der Waals surface area (Å²) in [5, 5.41) is 4.91. The van der Waals surface area contributed by atoms with Crippen LogP contribution in [0.25, 0.3) is 0 Å². The minimum absolute atomic E-state index is 0.0841. The summed E-state index contributed by atoms with van der Waals surface area (Å²) in [5.41, 5.74) is 0. The van der Waals surface area contributed by atoms with Gasteiger partial charge in [-0.05, 0) is 0 Å². The van der Waals surface area contributed by atoms with Gasteiger partial charge in [0.2, 0.25) is 0 Å². The molecule has 0 amide bonds. The number of rotatable bonds is 9. The summed E-state index contributed by atoms with van der Waals surface area (Å²) in [7, 11) is 0. The molecule has 0 saturated carbocycles. The van der Waals surface area contributed by atoms with Gasteiger partial charge in [-0.1, -0.05) is 0 Å². The Kier molecular flexibility index (Phi) is 7.50. The monoisotopic (exact) mass is 484 g/mol. The van der Waals surface area contributed by atoms with E-state index >= 15 is 0 Å². The van der Waals surface area contributed by atoms with Crippen LogP contribution in [0.15, 0.2) is 91.0 Å². The first kappa shape index (κ1) is 22.7. The molecule has 3 aromatic rings. The minimum atomic E-state index is -2.87. The Balaban J connectivity index is 2.29. The standard InChI is InChI=1S/C26H30BrO2P/c1-3-23(29-22(2)28)19-20-30(21-27,24-13-7-4-8-14-24,25-15-9-5-10-16-25)26-17-11-6-12-18-26/h4-18,23H,3,19-21H2,1-2H3. The van der Waals surface area contributed by atoms with Crippen molar-refractivity contribution in [3.8, 4) is 0 Å². The maximum atomic E-state index is 11.7. The molecule has 0 bridgehead atoms. The molecule has 30 heavy (non-hydrogen) atoms. The van der Waals surface area contributed by atoms with Gasteiger partial charge >= 0.3 is 189 Å². The predicted octanol–water partition coefficient (Wildman–Crippen LogP) is 5.60. The van der Waals surface area contributed by atoms with Gasteiger partial charge < -0.3 is 0 Å². The van der Waals surface area contributed by atoms with Crippen molar-refractivity contribution < 1.29 is 9.53 Å². The molecule has 0 saturated heterocycles. The zero-order valence-corrected chi connectivity index (χ0v) is 20.2. The normalized spacial score (nSPS) is 13.8. The van der Waals surface area contributed by atoms with Crippen LogP contribution in [0.5, 0.6) is 0 Å². The van der Waals surface area contributed by atoms with E-state index in [2.05, 4.69) is 114 Å². The number of hydrogen-bond acceptors (Lipinski definition) is 2. The van der Waals surface area contributed by atoms with Crippen LogP contribution in [0.2, 0.25) is 0 Å². The van der Waals surface area contributed by atoms with E-state index in [-0.39, 0.29) is 12.1 Å². The Morgan fingerprint density at radius 3 is 1.53 bits per heavy atom. The summed E-state index contributed by atoms with van der Waals surface area (Å²) in [4.78, 5) is 11.7. The second-order valence-electron chi connectivity index (χ2n) is 7.79. The maximum absolute atomic E-state index is 11.7. The number of benzene rings is 3. The fraction of sp³-hybridized carbons (Fsp3) is 0.269. The number of hydrogen-bond donors (Lipinski definition) is 0. The van der Waals surface area contributed by atoms with Crippen molar-refractivity contribution in [1.82, 2.24) is 0 Å². The number of alkyl halides is 1. The van der Waals surface area contributed by atoms with E-state index in [1.54, 1.807) is 0 Å². The second-order valence-corrected chi connectivity index (χ2v) is 14.5. The number of halogens is 1. The first-order chi connectivity index (χ1) is 14.6. The molecular formula is C26H30BrO2P. The average Bonchev–Trinajstić information content (AvgIpc) is 2.81. The molecule has 3 rings (SSSR count). The van der Waals surface area contributed by atoms with Crippen LogP contribution >= 0.6 is 22.5 Å². The molecule has 0 heterocycles. The number of esters is 1. The van der Waals surface area contributed by atoms with Crippen molar-refractivity contribution in [3.05, 3.63) is 91.0 Å². The molecule has 0 aliphatic rings. The van der Waals surface area contributed by atoms with E-state index in [0.717, 1.165) is 24.1 Å². The van der Waals surface area contributed by atoms with Crippen LogP contribution in [0.4, 0.5) is 0 Å². The van der Waals surface area contributed by atoms with E-state index in [0.29, 0.717) is 0 Å². The van der Waals surface area contributed by atoms with Crippen molar-refractivity contribution in [1.29, 1.82) is 0 Å². The van der Waals surface area contributed by atoms with Gasteiger partial charge in [0, 0.05) is 0 Å². The molecule has 4 heteroatoms. The predicted molar refractivity (Wildman–Crippen MR) is 134 cm³/mol. The van der Waals surface area contributed by atoms with E-state index in [1.807, 2.05) is 0 Å². The van der Waals surface area contributed by atoms with Crippen LogP contribution in [-0.2, 0) is 9.53 Å². The van der Waals surface area contributed by atoms with Crippen molar-refractivity contribution in [2.75, 3.05) is 11.2 Å². The SMILES string of the molecule is CCC(CCP(CBr)(c1ccccc1)(c1ccccc1)c1ccccc1)OC(C)=O. The number of ether oxygens (including phenoxy) is 1. The van der Waals surface area contributed by atoms with Gasteiger partial charge in [-0.2, -0.15) is 0 Å².